The highest BCUT2D eigenvalue weighted by atomic mass is 35.5. The van der Waals surface area contributed by atoms with Crippen molar-refractivity contribution >= 4 is 40.7 Å². The minimum atomic E-state index is -0.583. The molecule has 0 aliphatic carbocycles. The van der Waals surface area contributed by atoms with Crippen LogP contribution in [0.1, 0.15) is 23.2 Å². The van der Waals surface area contributed by atoms with Crippen molar-refractivity contribution in [1.82, 2.24) is 5.32 Å². The van der Waals surface area contributed by atoms with Crippen LogP contribution in [0.4, 0.5) is 11.4 Å². The minimum absolute atomic E-state index is 0.00102. The van der Waals surface area contributed by atoms with Gasteiger partial charge >= 0.3 is 0 Å². The monoisotopic (exact) mass is 425 g/mol. The molecule has 2 aromatic rings. The number of benzene rings is 2. The summed E-state index contributed by atoms with van der Waals surface area (Å²) in [7, 11) is 0. The van der Waals surface area contributed by atoms with Crippen molar-refractivity contribution in [2.75, 3.05) is 23.4 Å². The lowest BCUT2D eigenvalue weighted by molar-refractivity contribution is -0.120. The first-order chi connectivity index (χ1) is 14.5. The molecule has 0 bridgehead atoms. The van der Waals surface area contributed by atoms with E-state index in [2.05, 4.69) is 10.6 Å². The van der Waals surface area contributed by atoms with Crippen molar-refractivity contribution < 1.29 is 19.1 Å². The number of imide groups is 1. The molecule has 0 saturated carbocycles. The molecule has 3 amide bonds. The second-order valence-electron chi connectivity index (χ2n) is 7.02. The van der Waals surface area contributed by atoms with E-state index < -0.39 is 11.8 Å². The van der Waals surface area contributed by atoms with E-state index in [-0.39, 0.29) is 22.7 Å². The summed E-state index contributed by atoms with van der Waals surface area (Å²) >= 11 is 6.13. The van der Waals surface area contributed by atoms with Crippen molar-refractivity contribution in [1.29, 1.82) is 0 Å². The van der Waals surface area contributed by atoms with Crippen LogP contribution >= 0.6 is 11.6 Å². The van der Waals surface area contributed by atoms with Gasteiger partial charge in [0.1, 0.15) is 10.7 Å². The summed E-state index contributed by atoms with van der Waals surface area (Å²) in [6, 6.07) is 15.2. The molecule has 0 radical (unpaired) electrons. The van der Waals surface area contributed by atoms with Crippen molar-refractivity contribution in [3.8, 4) is 0 Å². The average molecular weight is 426 g/mol. The number of carbonyl (C=O) groups excluding carboxylic acids is 3. The topological polar surface area (TPSA) is 87.7 Å². The first kappa shape index (κ1) is 20.1. The fourth-order valence-electron chi connectivity index (χ4n) is 3.39. The molecule has 1 unspecified atom stereocenters. The van der Waals surface area contributed by atoms with E-state index in [1.165, 1.54) is 0 Å². The maximum atomic E-state index is 12.7. The molecule has 2 aliphatic rings. The molecule has 154 valence electrons. The number of para-hydroxylation sites is 1. The molecular formula is C22H20ClN3O4. The molecule has 7 nitrogen and oxygen atoms in total. The van der Waals surface area contributed by atoms with Crippen LogP contribution in [0.2, 0.25) is 0 Å². The minimum Gasteiger partial charge on any atom is -0.376 e. The largest absolute Gasteiger partial charge is 0.376 e. The predicted molar refractivity (Wildman–Crippen MR) is 113 cm³/mol. The Morgan fingerprint density at radius 1 is 1.07 bits per heavy atom. The van der Waals surface area contributed by atoms with Crippen LogP contribution in [0, 0.1) is 0 Å². The second kappa shape index (κ2) is 8.69. The molecule has 8 heteroatoms. The molecule has 2 aliphatic heterocycles. The second-order valence-corrected chi connectivity index (χ2v) is 7.40. The predicted octanol–water partition coefficient (Wildman–Crippen LogP) is 3.03. The van der Waals surface area contributed by atoms with E-state index in [9.17, 15) is 14.4 Å². The van der Waals surface area contributed by atoms with Gasteiger partial charge in [-0.15, -0.1) is 0 Å². The van der Waals surface area contributed by atoms with Crippen LogP contribution in [0.5, 0.6) is 0 Å². The van der Waals surface area contributed by atoms with Gasteiger partial charge in [0, 0.05) is 24.4 Å². The smallest absolute Gasteiger partial charge is 0.283 e. The van der Waals surface area contributed by atoms with Gasteiger partial charge in [-0.05, 0) is 49.2 Å². The fraction of sp³-hybridized carbons (Fsp3) is 0.227. The molecule has 1 saturated heterocycles. The van der Waals surface area contributed by atoms with Crippen molar-refractivity contribution in [3.63, 3.8) is 0 Å². The summed E-state index contributed by atoms with van der Waals surface area (Å²) in [5.74, 6) is -1.31. The van der Waals surface area contributed by atoms with Gasteiger partial charge in [0.05, 0.1) is 11.8 Å². The quantitative estimate of drug-likeness (QED) is 0.694. The van der Waals surface area contributed by atoms with Crippen LogP contribution in [0.25, 0.3) is 0 Å². The van der Waals surface area contributed by atoms with Gasteiger partial charge in [-0.25, -0.2) is 4.90 Å². The van der Waals surface area contributed by atoms with Gasteiger partial charge in [0.2, 0.25) is 0 Å². The van der Waals surface area contributed by atoms with Gasteiger partial charge in [-0.3, -0.25) is 14.4 Å². The average Bonchev–Trinajstić information content (AvgIpc) is 3.36. The van der Waals surface area contributed by atoms with E-state index in [1.54, 1.807) is 54.6 Å². The van der Waals surface area contributed by atoms with E-state index in [0.717, 1.165) is 24.3 Å². The number of hydrogen-bond acceptors (Lipinski definition) is 5. The van der Waals surface area contributed by atoms with E-state index in [1.807, 2.05) is 0 Å². The first-order valence-electron chi connectivity index (χ1n) is 9.65. The van der Waals surface area contributed by atoms with Gasteiger partial charge in [0.25, 0.3) is 17.7 Å². The van der Waals surface area contributed by atoms with Gasteiger partial charge < -0.3 is 15.4 Å². The Morgan fingerprint density at radius 3 is 2.47 bits per heavy atom. The van der Waals surface area contributed by atoms with E-state index in [4.69, 9.17) is 16.3 Å². The number of halogens is 1. The summed E-state index contributed by atoms with van der Waals surface area (Å²) < 4.78 is 5.50. The lowest BCUT2D eigenvalue weighted by Gasteiger charge is -2.15. The molecule has 4 rings (SSSR count). The maximum absolute atomic E-state index is 12.7. The Hall–Kier alpha value is -3.16. The summed E-state index contributed by atoms with van der Waals surface area (Å²) in [4.78, 5) is 38.5. The van der Waals surface area contributed by atoms with Crippen molar-refractivity contribution in [2.45, 2.75) is 18.9 Å². The summed E-state index contributed by atoms with van der Waals surface area (Å²) in [5.41, 5.74) is 1.47. The Balaban J connectivity index is 1.42. The third-order valence-corrected chi connectivity index (χ3v) is 5.32. The Labute approximate surface area is 178 Å². The molecule has 1 fully saturated rings. The maximum Gasteiger partial charge on any atom is 0.283 e. The molecular weight excluding hydrogens is 406 g/mol. The van der Waals surface area contributed by atoms with Crippen molar-refractivity contribution in [3.05, 3.63) is 70.9 Å². The van der Waals surface area contributed by atoms with Crippen LogP contribution in [0.3, 0.4) is 0 Å². The van der Waals surface area contributed by atoms with Gasteiger partial charge in [-0.2, -0.15) is 0 Å². The van der Waals surface area contributed by atoms with Crippen LogP contribution in [-0.2, 0) is 14.3 Å². The lowest BCUT2D eigenvalue weighted by atomic mass is 10.1. The summed E-state index contributed by atoms with van der Waals surface area (Å²) in [6.45, 7) is 1.22. The highest BCUT2D eigenvalue weighted by Crippen LogP contribution is 2.29. The third-order valence-electron chi connectivity index (χ3n) is 4.97. The normalized spacial score (nSPS) is 18.8. The van der Waals surface area contributed by atoms with Crippen LogP contribution in [0.15, 0.2) is 65.3 Å². The molecule has 2 heterocycles. The number of hydrogen-bond donors (Lipinski definition) is 2. The standard InChI is InChI=1S/C22H20ClN3O4/c23-18-19(22(29)26(21(18)28)16-5-2-1-3-6-16)25-15-10-8-14(9-11-15)20(27)24-13-17-7-4-12-30-17/h1-3,5-6,8-11,17,25H,4,7,12-13H2,(H,24,27). The molecule has 0 aromatic heterocycles. The molecule has 1 atom stereocenters. The fourth-order valence-corrected chi connectivity index (χ4v) is 3.60. The number of nitrogens with zero attached hydrogens (tertiary/aromatic N) is 1. The molecule has 0 spiro atoms. The first-order valence-corrected chi connectivity index (χ1v) is 10.0. The molecule has 2 N–H and O–H groups in total. The lowest BCUT2D eigenvalue weighted by Crippen LogP contribution is -2.32. The highest BCUT2D eigenvalue weighted by Gasteiger charge is 2.38. The Morgan fingerprint density at radius 2 is 1.80 bits per heavy atom. The molecule has 30 heavy (non-hydrogen) atoms. The Kier molecular flexibility index (Phi) is 5.83. The van der Waals surface area contributed by atoms with E-state index >= 15 is 0 Å². The summed E-state index contributed by atoms with van der Waals surface area (Å²) in [6.07, 6.45) is 2.04. The number of amides is 3. The van der Waals surface area contributed by atoms with Crippen LogP contribution in [-0.4, -0.2) is 37.0 Å². The van der Waals surface area contributed by atoms with E-state index in [0.29, 0.717) is 23.5 Å². The number of nitrogens with one attached hydrogen (secondary N) is 2. The zero-order valence-electron chi connectivity index (χ0n) is 16.1. The zero-order valence-corrected chi connectivity index (χ0v) is 16.8. The highest BCUT2D eigenvalue weighted by molar-refractivity contribution is 6.53. The zero-order chi connectivity index (χ0) is 21.1. The third kappa shape index (κ3) is 4.08. The summed E-state index contributed by atoms with van der Waals surface area (Å²) in [5, 5.41) is 5.58. The van der Waals surface area contributed by atoms with Gasteiger partial charge in [0.15, 0.2) is 0 Å². The number of ether oxygens (including phenoxy) is 1. The number of carbonyl (C=O) groups is 3. The Bertz CT molecular complexity index is 999. The number of rotatable bonds is 6. The van der Waals surface area contributed by atoms with Gasteiger partial charge in [-0.1, -0.05) is 29.8 Å². The number of anilines is 2. The SMILES string of the molecule is O=C(NCC1CCCO1)c1ccc(NC2=C(Cl)C(=O)N(c3ccccc3)C2=O)cc1. The van der Waals surface area contributed by atoms with Crippen molar-refractivity contribution in [2.24, 2.45) is 0 Å². The van der Waals surface area contributed by atoms with Crippen LogP contribution < -0.4 is 15.5 Å². The molecule has 2 aromatic carbocycles.